The van der Waals surface area contributed by atoms with Gasteiger partial charge in [-0.25, -0.2) is 4.79 Å². The topological polar surface area (TPSA) is 282 Å². The van der Waals surface area contributed by atoms with Crippen LogP contribution < -0.4 is 36.2 Å². The van der Waals surface area contributed by atoms with Crippen LogP contribution in [-0.4, -0.2) is 158 Å². The number of Topliss-reactive ketones (excluding diaryl/α,β-unsaturated/α-hetero) is 1. The molecule has 0 aliphatic carbocycles. The SMILES string of the molecule is CCNC(=O)c1nnc(-c2cc(C(C)C)c(O)cc2O)n1-c1ccc(CN2CCC(C(=O)N3CCN(c4ccc(OC(=O)N[C@@H](CCc5ccccc5)C(=O)N[C@@H](CC(C)C)C(=O)N[C@@H](Cc5ccccc5)C(=O)N[C@@H](CC(C)C)C(=O)[C@@]5(C)CO5)c(C)c4)CC3)CC2)cc1. The Morgan fingerprint density at radius 2 is 1.24 bits per heavy atom. The minimum Gasteiger partial charge on any atom is -0.508 e. The number of rotatable bonds is 28. The summed E-state index contributed by atoms with van der Waals surface area (Å²) in [6.07, 6.45) is 1.90. The number of aromatic hydroxyl groups is 2. The highest BCUT2D eigenvalue weighted by Crippen LogP contribution is 2.39. The third-order valence-corrected chi connectivity index (χ3v) is 17.9. The summed E-state index contributed by atoms with van der Waals surface area (Å²) in [5.41, 5.74) is 4.96. The molecular weight excluding hydrogens is 1210 g/mol. The van der Waals surface area contributed by atoms with Crippen LogP contribution in [0.25, 0.3) is 17.1 Å². The number of likely N-dealkylation sites (tertiary alicyclic amines) is 1. The van der Waals surface area contributed by atoms with Crippen molar-refractivity contribution in [3.8, 4) is 34.3 Å². The van der Waals surface area contributed by atoms with Crippen LogP contribution in [0.2, 0.25) is 0 Å². The Balaban J connectivity index is 0.782. The molecule has 9 rings (SSSR count). The number of carbonyl (C=O) groups excluding carboxylic acids is 7. The Morgan fingerprint density at radius 1 is 0.653 bits per heavy atom. The molecule has 0 radical (unpaired) electrons. The first kappa shape index (κ1) is 70.2. The molecule has 5 aromatic carbocycles. The largest absolute Gasteiger partial charge is 0.508 e. The van der Waals surface area contributed by atoms with E-state index < -0.39 is 59.5 Å². The van der Waals surface area contributed by atoms with E-state index in [4.69, 9.17) is 9.47 Å². The molecule has 95 heavy (non-hydrogen) atoms. The molecule has 0 unspecified atom stereocenters. The lowest BCUT2D eigenvalue weighted by Crippen LogP contribution is -2.59. The van der Waals surface area contributed by atoms with Gasteiger partial charge in [0.05, 0.1) is 18.2 Å². The summed E-state index contributed by atoms with van der Waals surface area (Å²) in [6, 6.07) is 30.9. The quantitative estimate of drug-likeness (QED) is 0.0227. The van der Waals surface area contributed by atoms with Crippen molar-refractivity contribution in [3.63, 3.8) is 0 Å². The van der Waals surface area contributed by atoms with Crippen LogP contribution in [0.1, 0.15) is 132 Å². The summed E-state index contributed by atoms with van der Waals surface area (Å²) < 4.78 is 13.0. The number of piperazine rings is 1. The van der Waals surface area contributed by atoms with Crippen LogP contribution in [-0.2, 0) is 48.1 Å². The fourth-order valence-electron chi connectivity index (χ4n) is 12.5. The zero-order chi connectivity index (χ0) is 68.1. The van der Waals surface area contributed by atoms with Crippen LogP contribution >= 0.6 is 0 Å². The van der Waals surface area contributed by atoms with E-state index in [0.717, 1.165) is 48.3 Å². The molecule has 0 spiro atoms. The van der Waals surface area contributed by atoms with Gasteiger partial charge in [0, 0.05) is 69.0 Å². The van der Waals surface area contributed by atoms with E-state index in [0.29, 0.717) is 80.2 Å². The monoisotopic (exact) mass is 1300 g/mol. The van der Waals surface area contributed by atoms with Gasteiger partial charge in [0.25, 0.3) is 5.91 Å². The second kappa shape index (κ2) is 31.9. The first-order valence-electron chi connectivity index (χ1n) is 33.4. The number of hydrogen-bond donors (Lipinski definition) is 7. The molecule has 506 valence electrons. The number of nitrogens with zero attached hydrogens (tertiary/aromatic N) is 6. The van der Waals surface area contributed by atoms with Crippen molar-refractivity contribution >= 4 is 47.1 Å². The van der Waals surface area contributed by atoms with Crippen LogP contribution in [0.4, 0.5) is 10.5 Å². The molecule has 0 bridgehead atoms. The first-order valence-corrected chi connectivity index (χ1v) is 33.4. The average Bonchev–Trinajstić information content (AvgIpc) is 1.69. The van der Waals surface area contributed by atoms with E-state index in [1.54, 1.807) is 23.6 Å². The Labute approximate surface area is 556 Å². The molecule has 6 amide bonds. The van der Waals surface area contributed by atoms with Crippen molar-refractivity contribution in [2.45, 2.75) is 149 Å². The number of hydrogen-bond acceptors (Lipinski definition) is 15. The molecule has 4 heterocycles. The van der Waals surface area contributed by atoms with Gasteiger partial charge in [0.1, 0.15) is 41.0 Å². The predicted octanol–water partition coefficient (Wildman–Crippen LogP) is 8.32. The number of carbonyl (C=O) groups is 7. The van der Waals surface area contributed by atoms with E-state index in [9.17, 15) is 43.8 Å². The molecule has 22 heteroatoms. The lowest BCUT2D eigenvalue weighted by atomic mass is 9.93. The van der Waals surface area contributed by atoms with Gasteiger partial charge in [-0.15, -0.1) is 10.2 Å². The maximum absolute atomic E-state index is 14.5. The minimum atomic E-state index is -1.13. The first-order chi connectivity index (χ1) is 45.5. The molecule has 5 atom stereocenters. The molecule has 3 aliphatic rings. The summed E-state index contributed by atoms with van der Waals surface area (Å²) in [7, 11) is 0. The predicted molar refractivity (Wildman–Crippen MR) is 362 cm³/mol. The van der Waals surface area contributed by atoms with Gasteiger partial charge in [-0.3, -0.25) is 38.2 Å². The number of anilines is 1. The standard InChI is InChI=1S/C73H93N11O11/c1-10-74-70(91)66-80-79-65(56-41-55(47(6)7)61(85)42-62(56)86)84(66)53-24-21-51(22-25-53)43-81-31-29-52(30-32-81)71(92)83-35-33-82(34-36-83)54-26-28-63(48(8)39-54)95-72(93)78-57(27-23-49-17-13-11-14-18-49)67(88)76-59(38-46(4)5)68(89)77-60(40-50-19-15-12-16-20-50)69(90)75-58(37-45(2)3)64(87)73(9)44-94-73/h11-22,24-26,28,39,41-42,45-47,52,57-60,85-86H,10,23,27,29-38,40,43-44H2,1-9H3,(H,74,91)(H,75,90)(H,76,88)(H,77,89)(H,78,93)/t57-,58-,59-,60-,73+/m0/s1. The van der Waals surface area contributed by atoms with E-state index in [1.807, 2.05) is 157 Å². The summed E-state index contributed by atoms with van der Waals surface area (Å²) >= 11 is 0. The summed E-state index contributed by atoms with van der Waals surface area (Å²) in [5.74, 6) is -1.97. The molecule has 22 nitrogen and oxygen atoms in total. The number of amides is 6. The van der Waals surface area contributed by atoms with Gasteiger partial charge in [0.15, 0.2) is 11.6 Å². The molecule has 3 fully saturated rings. The Kier molecular flexibility index (Phi) is 23.5. The van der Waals surface area contributed by atoms with Crippen molar-refractivity contribution in [2.75, 3.05) is 57.3 Å². The van der Waals surface area contributed by atoms with E-state index >= 15 is 0 Å². The van der Waals surface area contributed by atoms with Gasteiger partial charge >= 0.3 is 6.09 Å². The molecule has 3 saturated heterocycles. The maximum Gasteiger partial charge on any atom is 0.413 e. The van der Waals surface area contributed by atoms with Gasteiger partial charge in [0.2, 0.25) is 29.5 Å². The number of nitrogens with one attached hydrogen (secondary N) is 5. The molecular formula is C73H93N11O11. The van der Waals surface area contributed by atoms with Crippen molar-refractivity contribution < 1.29 is 53.2 Å². The third-order valence-electron chi connectivity index (χ3n) is 17.9. The van der Waals surface area contributed by atoms with Gasteiger partial charge in [-0.05, 0) is 154 Å². The molecule has 1 aromatic heterocycles. The summed E-state index contributed by atoms with van der Waals surface area (Å²) in [6.45, 7) is 22.1. The Morgan fingerprint density at radius 3 is 1.85 bits per heavy atom. The van der Waals surface area contributed by atoms with Crippen molar-refractivity contribution in [2.24, 2.45) is 17.8 Å². The fourth-order valence-corrected chi connectivity index (χ4v) is 12.5. The van der Waals surface area contributed by atoms with Crippen molar-refractivity contribution in [1.29, 1.82) is 0 Å². The lowest BCUT2D eigenvalue weighted by molar-refractivity contribution is -0.137. The van der Waals surface area contributed by atoms with E-state index in [2.05, 4.69) is 46.6 Å². The maximum atomic E-state index is 14.5. The Hall–Kier alpha value is -9.15. The normalized spacial score (nSPS) is 17.2. The lowest BCUT2D eigenvalue weighted by Gasteiger charge is -2.39. The van der Waals surface area contributed by atoms with Crippen molar-refractivity contribution in [3.05, 3.63) is 149 Å². The van der Waals surface area contributed by atoms with Crippen LogP contribution in [0.3, 0.4) is 0 Å². The Bertz CT molecular complexity index is 3650. The highest BCUT2D eigenvalue weighted by molar-refractivity contribution is 5.99. The number of aromatic nitrogens is 3. The summed E-state index contributed by atoms with van der Waals surface area (Å²) in [4.78, 5) is 104. The third kappa shape index (κ3) is 18.4. The fraction of sp³-hybridized carbons (Fsp3) is 0.466. The number of benzene rings is 5. The summed E-state index contributed by atoms with van der Waals surface area (Å²) in [5, 5.41) is 44.4. The number of piperidine rings is 1. The van der Waals surface area contributed by atoms with Crippen LogP contribution in [0.15, 0.2) is 115 Å². The number of phenols is 2. The van der Waals surface area contributed by atoms with E-state index in [-0.39, 0.29) is 84.4 Å². The van der Waals surface area contributed by atoms with Crippen LogP contribution in [0, 0.1) is 24.7 Å². The zero-order valence-electron chi connectivity index (χ0n) is 56.2. The molecule has 3 aliphatic heterocycles. The number of ether oxygens (including phenoxy) is 2. The smallest absolute Gasteiger partial charge is 0.413 e. The van der Waals surface area contributed by atoms with E-state index in [1.165, 1.54) is 6.07 Å². The molecule has 6 aromatic rings. The molecule has 7 N–H and O–H groups in total. The number of phenolic OH excluding ortho intramolecular Hbond substituents is 2. The number of aryl methyl sites for hydroxylation is 2. The minimum absolute atomic E-state index is 0.0330. The highest BCUT2D eigenvalue weighted by atomic mass is 16.6. The van der Waals surface area contributed by atoms with Gasteiger partial charge in [-0.2, -0.15) is 0 Å². The van der Waals surface area contributed by atoms with Crippen molar-refractivity contribution in [1.82, 2.24) is 51.1 Å². The number of ketones is 1. The highest BCUT2D eigenvalue weighted by Gasteiger charge is 2.50. The molecule has 0 saturated carbocycles. The zero-order valence-corrected chi connectivity index (χ0v) is 56.2. The van der Waals surface area contributed by atoms with Gasteiger partial charge < -0.3 is 56.1 Å². The second-order valence-electron chi connectivity index (χ2n) is 26.7. The number of epoxide rings is 1. The average molecular weight is 1300 g/mol. The van der Waals surface area contributed by atoms with Gasteiger partial charge in [-0.1, -0.05) is 114 Å². The van der Waals surface area contributed by atoms with Crippen LogP contribution in [0.5, 0.6) is 17.2 Å². The second-order valence-corrected chi connectivity index (χ2v) is 26.7.